The number of aryl methyl sites for hydroxylation is 2. The third-order valence-corrected chi connectivity index (χ3v) is 11.6. The SMILES string of the molecule is C/C(=C(\CCOP(=O)(O)O)SC(=O)c1ccccc1)N(C=O)Cc1cnc(C)nc1N.C/C(=C(\CCOP(=O)(O)O)SC(=O)c1ccccc1)N(C=O)Cc1cnc(C)nc1N. The van der Waals surface area contributed by atoms with Gasteiger partial charge in [-0.25, -0.2) is 29.1 Å². The summed E-state index contributed by atoms with van der Waals surface area (Å²) >= 11 is 1.72. The van der Waals surface area contributed by atoms with Gasteiger partial charge < -0.3 is 40.8 Å². The van der Waals surface area contributed by atoms with E-state index in [4.69, 9.17) is 31.0 Å². The lowest BCUT2D eigenvalue weighted by Crippen LogP contribution is -2.22. The van der Waals surface area contributed by atoms with Crippen LogP contribution in [0.15, 0.2) is 94.3 Å². The van der Waals surface area contributed by atoms with E-state index >= 15 is 0 Å². The molecule has 0 aliphatic carbocycles. The highest BCUT2D eigenvalue weighted by molar-refractivity contribution is 8.17. The first-order chi connectivity index (χ1) is 29.2. The molecule has 0 unspecified atom stereocenters. The third kappa shape index (κ3) is 17.7. The van der Waals surface area contributed by atoms with Gasteiger partial charge in [-0.2, -0.15) is 0 Å². The summed E-state index contributed by atoms with van der Waals surface area (Å²) in [6.07, 6.45) is 4.19. The zero-order valence-electron chi connectivity index (χ0n) is 33.9. The lowest BCUT2D eigenvalue weighted by Gasteiger charge is -2.22. The number of benzene rings is 2. The Morgan fingerprint density at radius 2 is 1.00 bits per heavy atom. The number of nitrogens with two attached hydrogens (primary N) is 2. The molecule has 62 heavy (non-hydrogen) atoms. The number of anilines is 2. The molecule has 4 aromatic rings. The summed E-state index contributed by atoms with van der Waals surface area (Å²) < 4.78 is 31.1. The van der Waals surface area contributed by atoms with Gasteiger partial charge in [0.2, 0.25) is 23.1 Å². The number of nitrogens with zero attached hydrogens (tertiary/aromatic N) is 6. The van der Waals surface area contributed by atoms with E-state index in [9.17, 15) is 28.3 Å². The average Bonchev–Trinajstić information content (AvgIpc) is 3.22. The lowest BCUT2D eigenvalue weighted by molar-refractivity contribution is -0.117. The fourth-order valence-electron chi connectivity index (χ4n) is 5.04. The molecule has 2 aromatic carbocycles. The van der Waals surface area contributed by atoms with Gasteiger partial charge in [-0.1, -0.05) is 60.7 Å². The smallest absolute Gasteiger partial charge is 0.383 e. The predicted molar refractivity (Wildman–Crippen MR) is 233 cm³/mol. The van der Waals surface area contributed by atoms with Crippen LogP contribution in [0.2, 0.25) is 0 Å². The van der Waals surface area contributed by atoms with E-state index in [2.05, 4.69) is 29.0 Å². The molecule has 0 atom stereocenters. The van der Waals surface area contributed by atoms with E-state index in [0.717, 1.165) is 23.5 Å². The minimum atomic E-state index is -4.67. The van der Waals surface area contributed by atoms with Crippen molar-refractivity contribution in [2.45, 2.75) is 53.6 Å². The zero-order chi connectivity index (χ0) is 46.0. The summed E-state index contributed by atoms with van der Waals surface area (Å²) in [7, 11) is -9.35. The minimum absolute atomic E-state index is 0.00437. The Kier molecular flexibility index (Phi) is 20.2. The molecule has 2 amide bonds. The topological polar surface area (TPSA) is 312 Å². The van der Waals surface area contributed by atoms with Gasteiger partial charge in [0.05, 0.1) is 26.3 Å². The summed E-state index contributed by atoms with van der Waals surface area (Å²) in [5.41, 5.74) is 14.6. The fraction of sp³-hybridized carbons (Fsp3) is 0.263. The molecule has 20 nitrogen and oxygen atoms in total. The Hall–Kier alpha value is -5.12. The van der Waals surface area contributed by atoms with Crippen molar-refractivity contribution in [2.24, 2.45) is 0 Å². The second-order valence-corrected chi connectivity index (χ2v) is 17.4. The number of hydrogen-bond acceptors (Lipinski definition) is 16. The van der Waals surface area contributed by atoms with Crippen LogP contribution in [0.5, 0.6) is 0 Å². The number of nitrogen functional groups attached to an aromatic ring is 2. The molecule has 0 aliphatic rings. The van der Waals surface area contributed by atoms with Crippen LogP contribution in [0.1, 0.15) is 70.2 Å². The summed E-state index contributed by atoms with van der Waals surface area (Å²) in [5, 5.41) is -0.565. The van der Waals surface area contributed by atoms with E-state index in [1.807, 2.05) is 0 Å². The average molecular weight is 933 g/mol. The molecule has 2 heterocycles. The van der Waals surface area contributed by atoms with Crippen molar-refractivity contribution in [1.29, 1.82) is 0 Å². The normalized spacial score (nSPS) is 12.3. The molecule has 2 aromatic heterocycles. The quantitative estimate of drug-likeness (QED) is 0.0486. The lowest BCUT2D eigenvalue weighted by atomic mass is 10.2. The van der Waals surface area contributed by atoms with E-state index in [1.54, 1.807) is 88.4 Å². The van der Waals surface area contributed by atoms with Crippen LogP contribution in [-0.4, -0.2) is 85.6 Å². The minimum Gasteiger partial charge on any atom is -0.383 e. The highest BCUT2D eigenvalue weighted by Gasteiger charge is 2.22. The van der Waals surface area contributed by atoms with Gasteiger partial charge in [0.1, 0.15) is 23.3 Å². The number of rotatable bonds is 20. The Morgan fingerprint density at radius 3 is 1.29 bits per heavy atom. The van der Waals surface area contributed by atoms with Gasteiger partial charge in [-0.05, 0) is 51.2 Å². The Bertz CT molecular complexity index is 2190. The first-order valence-electron chi connectivity index (χ1n) is 18.1. The Labute approximate surface area is 365 Å². The first-order valence-corrected chi connectivity index (χ1v) is 22.8. The van der Waals surface area contributed by atoms with Gasteiger partial charge in [0, 0.05) is 68.7 Å². The molecule has 0 bridgehead atoms. The zero-order valence-corrected chi connectivity index (χ0v) is 37.4. The number of phosphoric acid groups is 2. The molecule has 0 saturated heterocycles. The second kappa shape index (κ2) is 24.5. The highest BCUT2D eigenvalue weighted by atomic mass is 32.2. The van der Waals surface area contributed by atoms with Crippen LogP contribution in [0.3, 0.4) is 0 Å². The largest absolute Gasteiger partial charge is 0.469 e. The van der Waals surface area contributed by atoms with E-state index in [1.165, 1.54) is 22.2 Å². The molecule has 8 N–H and O–H groups in total. The number of phosphoric ester groups is 2. The maximum absolute atomic E-state index is 12.7. The van der Waals surface area contributed by atoms with Crippen LogP contribution in [0.25, 0.3) is 0 Å². The Morgan fingerprint density at radius 1 is 0.661 bits per heavy atom. The fourth-order valence-corrected chi connectivity index (χ4v) is 7.56. The number of aromatic nitrogens is 4. The van der Waals surface area contributed by atoms with Gasteiger partial charge in [0.25, 0.3) is 0 Å². The summed E-state index contributed by atoms with van der Waals surface area (Å²) in [6, 6.07) is 17.0. The summed E-state index contributed by atoms with van der Waals surface area (Å²) in [4.78, 5) is 104. The van der Waals surface area contributed by atoms with Gasteiger partial charge in [0.15, 0.2) is 0 Å². The maximum atomic E-state index is 12.7. The molecule has 4 rings (SSSR count). The van der Waals surface area contributed by atoms with Crippen molar-refractivity contribution in [3.8, 4) is 0 Å². The molecule has 0 aliphatic heterocycles. The number of allylic oxidation sites excluding steroid dienone is 2. The first kappa shape index (κ1) is 51.2. The number of thioether (sulfide) groups is 2. The summed E-state index contributed by atoms with van der Waals surface area (Å²) in [5.74, 6) is 1.44. The highest BCUT2D eigenvalue weighted by Crippen LogP contribution is 2.39. The second-order valence-electron chi connectivity index (χ2n) is 12.8. The van der Waals surface area contributed by atoms with Gasteiger partial charge >= 0.3 is 15.6 Å². The standard InChI is InChI=1S/2C19H23N4O6PS/c2*1-13(23(12-24)11-16-10-21-14(2)22-18(16)20)17(8-9-29-30(26,27)28)31-19(25)15-6-4-3-5-7-15/h2*3-7,10,12H,8-9,11H2,1-2H3,(H2,20,21,22)(H2,26,27,28)/b2*17-13-. The van der Waals surface area contributed by atoms with Crippen molar-refractivity contribution < 1.29 is 56.9 Å². The van der Waals surface area contributed by atoms with Crippen molar-refractivity contribution in [1.82, 2.24) is 29.7 Å². The molecule has 332 valence electrons. The number of hydrogen-bond donors (Lipinski definition) is 6. The van der Waals surface area contributed by atoms with E-state index < -0.39 is 15.6 Å². The van der Waals surface area contributed by atoms with Crippen LogP contribution in [-0.2, 0) is 40.9 Å². The molecule has 0 spiro atoms. The van der Waals surface area contributed by atoms with E-state index in [0.29, 0.717) is 67.9 Å². The van der Waals surface area contributed by atoms with Crippen LogP contribution >= 0.6 is 39.2 Å². The van der Waals surface area contributed by atoms with Crippen LogP contribution in [0, 0.1) is 13.8 Å². The van der Waals surface area contributed by atoms with E-state index in [-0.39, 0.29) is 61.0 Å². The number of carbonyl (C=O) groups is 4. The maximum Gasteiger partial charge on any atom is 0.469 e. The Balaban J connectivity index is 0.000000330. The third-order valence-electron chi connectivity index (χ3n) is 8.27. The molecule has 0 radical (unpaired) electrons. The molecule has 0 fully saturated rings. The number of carbonyl (C=O) groups excluding carboxylic acids is 4. The number of amides is 2. The van der Waals surface area contributed by atoms with Crippen molar-refractivity contribution >= 4 is 73.9 Å². The van der Waals surface area contributed by atoms with Crippen molar-refractivity contribution in [3.05, 3.63) is 128 Å². The van der Waals surface area contributed by atoms with Crippen LogP contribution < -0.4 is 11.5 Å². The van der Waals surface area contributed by atoms with Gasteiger partial charge in [-0.3, -0.25) is 28.2 Å². The van der Waals surface area contributed by atoms with Crippen LogP contribution in [0.4, 0.5) is 11.6 Å². The monoisotopic (exact) mass is 932 g/mol. The molecule has 0 saturated carbocycles. The van der Waals surface area contributed by atoms with Crippen molar-refractivity contribution in [2.75, 3.05) is 24.7 Å². The van der Waals surface area contributed by atoms with Crippen molar-refractivity contribution in [3.63, 3.8) is 0 Å². The molecular weight excluding hydrogens is 887 g/mol. The molecule has 24 heteroatoms. The van der Waals surface area contributed by atoms with Gasteiger partial charge in [-0.15, -0.1) is 0 Å². The summed E-state index contributed by atoms with van der Waals surface area (Å²) in [6.45, 7) is 6.06. The predicted octanol–water partition coefficient (Wildman–Crippen LogP) is 5.26. The molecular formula is C38H46N8O12P2S2.